The topological polar surface area (TPSA) is 17.1 Å². The van der Waals surface area contributed by atoms with E-state index in [2.05, 4.69) is 18.7 Å². The van der Waals surface area contributed by atoms with Gasteiger partial charge in [0.05, 0.1) is 0 Å². The molecule has 0 unspecified atom stereocenters. The van der Waals surface area contributed by atoms with E-state index in [9.17, 15) is 4.79 Å². The van der Waals surface area contributed by atoms with Crippen LogP contribution in [0.15, 0.2) is 57.9 Å². The maximum atomic E-state index is 12.0. The zero-order valence-electron chi connectivity index (χ0n) is 10.9. The third kappa shape index (κ3) is 2.94. The third-order valence-electron chi connectivity index (χ3n) is 3.38. The number of rotatable bonds is 3. The van der Waals surface area contributed by atoms with Gasteiger partial charge in [0.1, 0.15) is 0 Å². The lowest BCUT2D eigenvalue weighted by molar-refractivity contribution is -0.116. The van der Waals surface area contributed by atoms with Crippen LogP contribution in [0.5, 0.6) is 0 Å². The molecule has 0 saturated carbocycles. The molecule has 2 heteroatoms. The van der Waals surface area contributed by atoms with Crippen molar-refractivity contribution in [2.45, 2.75) is 31.6 Å². The molecule has 1 aromatic carbocycles. The van der Waals surface area contributed by atoms with Crippen molar-refractivity contribution in [1.82, 2.24) is 0 Å². The van der Waals surface area contributed by atoms with Crippen molar-refractivity contribution in [3.05, 3.63) is 53.0 Å². The number of carbonyl (C=O) groups is 1. The van der Waals surface area contributed by atoms with Crippen LogP contribution in [0, 0.1) is 5.92 Å². The summed E-state index contributed by atoms with van der Waals surface area (Å²) in [4.78, 5) is 14.4. The number of thioether (sulfide) groups is 1. The quantitative estimate of drug-likeness (QED) is 0.737. The summed E-state index contributed by atoms with van der Waals surface area (Å²) in [5.41, 5.74) is 2.04. The van der Waals surface area contributed by atoms with E-state index in [1.807, 2.05) is 32.0 Å². The predicted molar refractivity (Wildman–Crippen MR) is 77.5 cm³/mol. The second kappa shape index (κ2) is 5.57. The summed E-state index contributed by atoms with van der Waals surface area (Å²) < 4.78 is 0. The van der Waals surface area contributed by atoms with E-state index in [0.29, 0.717) is 12.3 Å². The van der Waals surface area contributed by atoms with Crippen molar-refractivity contribution >= 4 is 17.5 Å². The molecular formula is C16H18OS. The molecule has 1 atom stereocenters. The van der Waals surface area contributed by atoms with Crippen molar-refractivity contribution in [2.24, 2.45) is 5.92 Å². The van der Waals surface area contributed by atoms with Crippen LogP contribution in [-0.4, -0.2) is 5.78 Å². The van der Waals surface area contributed by atoms with Gasteiger partial charge in [-0.05, 0) is 43.2 Å². The summed E-state index contributed by atoms with van der Waals surface area (Å²) in [6.45, 7) is 7.96. The zero-order chi connectivity index (χ0) is 13.1. The Balaban J connectivity index is 2.22. The fraction of sp³-hybridized carbons (Fsp3) is 0.312. The van der Waals surface area contributed by atoms with Crippen LogP contribution in [-0.2, 0) is 4.79 Å². The number of carbonyl (C=O) groups excluding carboxylic acids is 1. The Kier molecular flexibility index (Phi) is 4.07. The van der Waals surface area contributed by atoms with Crippen molar-refractivity contribution in [1.29, 1.82) is 0 Å². The number of ketones is 1. The van der Waals surface area contributed by atoms with Crippen LogP contribution >= 0.6 is 11.8 Å². The van der Waals surface area contributed by atoms with Gasteiger partial charge in [0, 0.05) is 16.9 Å². The largest absolute Gasteiger partial charge is 0.295 e. The van der Waals surface area contributed by atoms with Gasteiger partial charge in [-0.1, -0.05) is 42.1 Å². The number of hydrogen-bond acceptors (Lipinski definition) is 2. The molecule has 0 fully saturated rings. The summed E-state index contributed by atoms with van der Waals surface area (Å²) in [6, 6.07) is 10.2. The fourth-order valence-corrected chi connectivity index (χ4v) is 3.21. The van der Waals surface area contributed by atoms with Gasteiger partial charge in [-0.2, -0.15) is 0 Å². The second-order valence-electron chi connectivity index (χ2n) is 4.84. The number of Topliss-reactive ketones (excluding diaryl/α,β-unsaturated/α-hetero) is 1. The Hall–Kier alpha value is -1.28. The molecule has 0 saturated heterocycles. The summed E-state index contributed by atoms with van der Waals surface area (Å²) >= 11 is 1.72. The fourth-order valence-electron chi connectivity index (χ4n) is 2.08. The highest BCUT2D eigenvalue weighted by atomic mass is 32.2. The Labute approximate surface area is 113 Å². The molecule has 0 N–H and O–H groups in total. The van der Waals surface area contributed by atoms with E-state index in [4.69, 9.17) is 0 Å². The van der Waals surface area contributed by atoms with E-state index in [1.165, 1.54) is 9.80 Å². The summed E-state index contributed by atoms with van der Waals surface area (Å²) in [6.07, 6.45) is 1.58. The SMILES string of the molecule is C=C(C)[C@H]1CC(=O)C(C)=C(Sc2ccccc2)C1. The lowest BCUT2D eigenvalue weighted by Crippen LogP contribution is -2.17. The van der Waals surface area contributed by atoms with E-state index >= 15 is 0 Å². The molecule has 1 nitrogen and oxygen atoms in total. The maximum absolute atomic E-state index is 12.0. The molecule has 0 aliphatic heterocycles. The standard InChI is InChI=1S/C16H18OS/c1-11(2)13-9-15(17)12(3)16(10-13)18-14-7-5-4-6-8-14/h4-8,13H,1,9-10H2,2-3H3/t13-/m0/s1. The Bertz CT molecular complexity index is 499. The first-order valence-corrected chi connectivity index (χ1v) is 7.01. The Morgan fingerprint density at radius 3 is 2.56 bits per heavy atom. The lowest BCUT2D eigenvalue weighted by Gasteiger charge is -2.25. The number of allylic oxidation sites excluding steroid dienone is 3. The molecule has 1 aliphatic carbocycles. The van der Waals surface area contributed by atoms with Gasteiger partial charge in [0.15, 0.2) is 5.78 Å². The van der Waals surface area contributed by atoms with Gasteiger partial charge in [0.2, 0.25) is 0 Å². The van der Waals surface area contributed by atoms with Crippen molar-refractivity contribution < 1.29 is 4.79 Å². The monoisotopic (exact) mass is 258 g/mol. The van der Waals surface area contributed by atoms with Crippen LogP contribution in [0.4, 0.5) is 0 Å². The second-order valence-corrected chi connectivity index (χ2v) is 6.01. The van der Waals surface area contributed by atoms with Crippen LogP contribution in [0.2, 0.25) is 0 Å². The van der Waals surface area contributed by atoms with Gasteiger partial charge in [-0.15, -0.1) is 0 Å². The molecule has 2 rings (SSSR count). The highest BCUT2D eigenvalue weighted by molar-refractivity contribution is 8.03. The van der Waals surface area contributed by atoms with Crippen LogP contribution < -0.4 is 0 Å². The van der Waals surface area contributed by atoms with Crippen molar-refractivity contribution in [2.75, 3.05) is 0 Å². The minimum absolute atomic E-state index is 0.271. The minimum Gasteiger partial charge on any atom is -0.295 e. The average molecular weight is 258 g/mol. The number of hydrogen-bond donors (Lipinski definition) is 0. The third-order valence-corrected chi connectivity index (χ3v) is 4.61. The molecule has 0 heterocycles. The van der Waals surface area contributed by atoms with E-state index in [-0.39, 0.29) is 5.78 Å². The molecule has 0 amide bonds. The van der Waals surface area contributed by atoms with Crippen LogP contribution in [0.25, 0.3) is 0 Å². The van der Waals surface area contributed by atoms with Gasteiger partial charge in [-0.3, -0.25) is 4.79 Å². The first-order valence-electron chi connectivity index (χ1n) is 6.19. The highest BCUT2D eigenvalue weighted by Crippen LogP contribution is 2.40. The Morgan fingerprint density at radius 2 is 1.94 bits per heavy atom. The Morgan fingerprint density at radius 1 is 1.28 bits per heavy atom. The van der Waals surface area contributed by atoms with Crippen LogP contribution in [0.1, 0.15) is 26.7 Å². The normalized spacial score (nSPS) is 20.1. The van der Waals surface area contributed by atoms with E-state index in [0.717, 1.165) is 17.6 Å². The van der Waals surface area contributed by atoms with Gasteiger partial charge in [-0.25, -0.2) is 0 Å². The summed E-state index contributed by atoms with van der Waals surface area (Å²) in [5.74, 6) is 0.583. The molecular weight excluding hydrogens is 240 g/mol. The van der Waals surface area contributed by atoms with Gasteiger partial charge in [0.25, 0.3) is 0 Å². The molecule has 1 aliphatic rings. The van der Waals surface area contributed by atoms with E-state index in [1.54, 1.807) is 11.8 Å². The molecule has 0 aromatic heterocycles. The predicted octanol–water partition coefficient (Wildman–Crippen LogP) is 4.61. The van der Waals surface area contributed by atoms with Gasteiger partial charge >= 0.3 is 0 Å². The van der Waals surface area contributed by atoms with Crippen molar-refractivity contribution in [3.8, 4) is 0 Å². The zero-order valence-corrected chi connectivity index (χ0v) is 11.7. The van der Waals surface area contributed by atoms with Crippen LogP contribution in [0.3, 0.4) is 0 Å². The van der Waals surface area contributed by atoms with Crippen molar-refractivity contribution in [3.63, 3.8) is 0 Å². The molecule has 0 spiro atoms. The maximum Gasteiger partial charge on any atom is 0.159 e. The first-order chi connectivity index (χ1) is 8.58. The summed E-state index contributed by atoms with van der Waals surface area (Å²) in [7, 11) is 0. The molecule has 0 bridgehead atoms. The van der Waals surface area contributed by atoms with Gasteiger partial charge < -0.3 is 0 Å². The minimum atomic E-state index is 0.271. The number of benzene rings is 1. The smallest absolute Gasteiger partial charge is 0.159 e. The molecule has 0 radical (unpaired) electrons. The first kappa shape index (κ1) is 13.2. The molecule has 18 heavy (non-hydrogen) atoms. The highest BCUT2D eigenvalue weighted by Gasteiger charge is 2.25. The average Bonchev–Trinajstić information content (AvgIpc) is 2.35. The molecule has 1 aromatic rings. The van der Waals surface area contributed by atoms with E-state index < -0.39 is 0 Å². The summed E-state index contributed by atoms with van der Waals surface area (Å²) in [5, 5.41) is 0. The lowest BCUT2D eigenvalue weighted by atomic mass is 9.85. The molecule has 94 valence electrons.